The molecule has 3 aliphatic rings. The molecule has 2 heterocycles. The molecule has 0 amide bonds. The highest BCUT2D eigenvalue weighted by atomic mass is 35.5. The maximum atomic E-state index is 10.7. The fourth-order valence-electron chi connectivity index (χ4n) is 3.89. The van der Waals surface area contributed by atoms with Crippen molar-refractivity contribution in [3.8, 4) is 0 Å². The van der Waals surface area contributed by atoms with E-state index in [1.807, 2.05) is 18.3 Å². The molecule has 2 N–H and O–H groups in total. The van der Waals surface area contributed by atoms with E-state index in [2.05, 4.69) is 22.5 Å². The number of hydrogen-bond donors (Lipinski definition) is 2. The number of halogens is 1. The van der Waals surface area contributed by atoms with Crippen molar-refractivity contribution in [1.82, 2.24) is 10.3 Å². The summed E-state index contributed by atoms with van der Waals surface area (Å²) in [5, 5.41) is 14.2. The van der Waals surface area contributed by atoms with Gasteiger partial charge in [0.05, 0.1) is 17.2 Å². The fraction of sp³-hybridized carbons (Fsp3) is 0.421. The van der Waals surface area contributed by atoms with Gasteiger partial charge >= 0.3 is 0 Å². The van der Waals surface area contributed by atoms with Crippen LogP contribution >= 0.6 is 11.6 Å². The zero-order valence-electron chi connectivity index (χ0n) is 13.1. The number of alkyl halides is 1. The van der Waals surface area contributed by atoms with E-state index >= 15 is 0 Å². The topological polar surface area (TPSA) is 45.1 Å². The number of nitrogens with zero attached hydrogens (tertiary/aromatic N) is 1. The number of fused-ring (bicyclic) bond motifs is 1. The molecule has 2 atom stereocenters. The van der Waals surface area contributed by atoms with E-state index in [1.165, 1.54) is 22.3 Å². The molecule has 4 heteroatoms. The Hall–Kier alpha value is -1.42. The molecule has 1 saturated heterocycles. The average molecular weight is 329 g/mol. The molecular formula is C19H21ClN2O. The van der Waals surface area contributed by atoms with Gasteiger partial charge in [-0.1, -0.05) is 29.4 Å². The van der Waals surface area contributed by atoms with E-state index in [4.69, 9.17) is 11.6 Å². The molecule has 0 aromatic carbocycles. The molecule has 1 aromatic rings. The van der Waals surface area contributed by atoms with Gasteiger partial charge in [0.15, 0.2) is 0 Å². The second kappa shape index (κ2) is 6.23. The number of pyridine rings is 1. The number of piperidine rings is 1. The standard InChI is InChI=1S/C19H21ClN2O/c20-14-3-4-15-13(10-14)11-17(23)16-2-1-7-22-19(16)18(15)12-5-8-21-9-6-12/h1-4,7,14,17,21,23H,5-6,8-11H2. The number of aromatic nitrogens is 1. The smallest absolute Gasteiger partial charge is 0.0848 e. The summed E-state index contributed by atoms with van der Waals surface area (Å²) < 4.78 is 0. The summed E-state index contributed by atoms with van der Waals surface area (Å²) in [6.07, 6.45) is 9.09. The Bertz CT molecular complexity index is 712. The van der Waals surface area contributed by atoms with Gasteiger partial charge in [-0.3, -0.25) is 4.98 Å². The van der Waals surface area contributed by atoms with Crippen molar-refractivity contribution < 1.29 is 5.11 Å². The van der Waals surface area contributed by atoms with Crippen LogP contribution in [0, 0.1) is 0 Å². The third-order valence-corrected chi connectivity index (χ3v) is 5.30. The lowest BCUT2D eigenvalue weighted by Gasteiger charge is -2.24. The minimum absolute atomic E-state index is 0.0226. The summed E-state index contributed by atoms with van der Waals surface area (Å²) in [5.41, 5.74) is 7.10. The lowest BCUT2D eigenvalue weighted by Crippen LogP contribution is -2.24. The van der Waals surface area contributed by atoms with E-state index in [1.54, 1.807) is 0 Å². The Morgan fingerprint density at radius 3 is 2.83 bits per heavy atom. The van der Waals surface area contributed by atoms with Gasteiger partial charge in [-0.2, -0.15) is 0 Å². The SMILES string of the molecule is OC1CC2=C(C=CC(Cl)C2)C(=C2CCNCC2)c2ncccc21. The normalized spacial score (nSPS) is 27.6. The summed E-state index contributed by atoms with van der Waals surface area (Å²) >= 11 is 6.34. The summed E-state index contributed by atoms with van der Waals surface area (Å²) in [7, 11) is 0. The van der Waals surface area contributed by atoms with Crippen LogP contribution in [-0.4, -0.2) is 28.6 Å². The van der Waals surface area contributed by atoms with Gasteiger partial charge in [-0.25, -0.2) is 0 Å². The summed E-state index contributed by atoms with van der Waals surface area (Å²) in [6, 6.07) is 3.92. The average Bonchev–Trinajstić information content (AvgIpc) is 2.70. The summed E-state index contributed by atoms with van der Waals surface area (Å²) in [6.45, 7) is 2.02. The van der Waals surface area contributed by atoms with Crippen LogP contribution < -0.4 is 5.32 Å². The van der Waals surface area contributed by atoms with Crippen molar-refractivity contribution in [3.05, 3.63) is 58.5 Å². The predicted octanol–water partition coefficient (Wildman–Crippen LogP) is 3.52. The highest BCUT2D eigenvalue weighted by molar-refractivity contribution is 6.22. The molecule has 2 aliphatic carbocycles. The Labute approximate surface area is 141 Å². The van der Waals surface area contributed by atoms with Crippen molar-refractivity contribution in [2.24, 2.45) is 0 Å². The Balaban J connectivity index is 1.94. The fourth-order valence-corrected chi connectivity index (χ4v) is 4.15. The van der Waals surface area contributed by atoms with Gasteiger partial charge in [0.2, 0.25) is 0 Å². The van der Waals surface area contributed by atoms with Crippen LogP contribution in [0.4, 0.5) is 0 Å². The third-order valence-electron chi connectivity index (χ3n) is 5.00. The second-order valence-electron chi connectivity index (χ2n) is 6.49. The van der Waals surface area contributed by atoms with Crippen LogP contribution in [-0.2, 0) is 0 Å². The van der Waals surface area contributed by atoms with E-state index in [0.29, 0.717) is 6.42 Å². The predicted molar refractivity (Wildman–Crippen MR) is 93.3 cm³/mol. The third kappa shape index (κ3) is 2.78. The number of nitrogens with one attached hydrogen (secondary N) is 1. The van der Waals surface area contributed by atoms with E-state index in [9.17, 15) is 5.11 Å². The van der Waals surface area contributed by atoms with E-state index in [-0.39, 0.29) is 5.38 Å². The van der Waals surface area contributed by atoms with Gasteiger partial charge in [-0.15, -0.1) is 11.6 Å². The first-order valence-electron chi connectivity index (χ1n) is 8.35. The number of aliphatic hydroxyl groups excluding tert-OH is 1. The second-order valence-corrected chi connectivity index (χ2v) is 7.05. The lowest BCUT2D eigenvalue weighted by molar-refractivity contribution is 0.177. The van der Waals surface area contributed by atoms with Crippen molar-refractivity contribution in [1.29, 1.82) is 0 Å². The monoisotopic (exact) mass is 328 g/mol. The maximum Gasteiger partial charge on any atom is 0.0848 e. The molecule has 0 bridgehead atoms. The van der Waals surface area contributed by atoms with Crippen molar-refractivity contribution >= 4 is 17.2 Å². The highest BCUT2D eigenvalue weighted by Gasteiger charge is 2.30. The molecule has 0 saturated carbocycles. The van der Waals surface area contributed by atoms with E-state index in [0.717, 1.165) is 43.6 Å². The Morgan fingerprint density at radius 2 is 2.00 bits per heavy atom. The lowest BCUT2D eigenvalue weighted by atomic mass is 9.85. The van der Waals surface area contributed by atoms with Crippen LogP contribution in [0.5, 0.6) is 0 Å². The maximum absolute atomic E-state index is 10.7. The van der Waals surface area contributed by atoms with Crippen molar-refractivity contribution in [3.63, 3.8) is 0 Å². The van der Waals surface area contributed by atoms with Gasteiger partial charge in [0.1, 0.15) is 0 Å². The Kier molecular flexibility index (Phi) is 4.10. The first-order chi connectivity index (χ1) is 11.2. The highest BCUT2D eigenvalue weighted by Crippen LogP contribution is 2.44. The largest absolute Gasteiger partial charge is 0.388 e. The zero-order chi connectivity index (χ0) is 15.8. The van der Waals surface area contributed by atoms with E-state index < -0.39 is 6.10 Å². The number of aliphatic hydroxyl groups is 1. The molecule has 120 valence electrons. The molecule has 1 aliphatic heterocycles. The van der Waals surface area contributed by atoms with Gasteiger partial charge in [0.25, 0.3) is 0 Å². The molecule has 0 spiro atoms. The van der Waals surface area contributed by atoms with Gasteiger partial charge in [-0.05, 0) is 50.4 Å². The quantitative estimate of drug-likeness (QED) is 0.716. The molecule has 1 fully saturated rings. The minimum Gasteiger partial charge on any atom is -0.388 e. The molecule has 23 heavy (non-hydrogen) atoms. The van der Waals surface area contributed by atoms with Crippen LogP contribution in [0.3, 0.4) is 0 Å². The number of allylic oxidation sites excluding steroid dienone is 4. The molecule has 4 rings (SSSR count). The van der Waals surface area contributed by atoms with Crippen LogP contribution in [0.1, 0.15) is 43.0 Å². The van der Waals surface area contributed by atoms with Gasteiger partial charge < -0.3 is 10.4 Å². The van der Waals surface area contributed by atoms with Crippen LogP contribution in [0.2, 0.25) is 0 Å². The molecular weight excluding hydrogens is 308 g/mol. The number of rotatable bonds is 0. The minimum atomic E-state index is -0.501. The van der Waals surface area contributed by atoms with Crippen LogP contribution in [0.15, 0.2) is 47.2 Å². The summed E-state index contributed by atoms with van der Waals surface area (Å²) in [5.74, 6) is 0. The summed E-state index contributed by atoms with van der Waals surface area (Å²) in [4.78, 5) is 4.66. The first kappa shape index (κ1) is 15.1. The van der Waals surface area contributed by atoms with Gasteiger partial charge in [0, 0.05) is 17.3 Å². The molecule has 1 aromatic heterocycles. The molecule has 3 nitrogen and oxygen atoms in total. The zero-order valence-corrected chi connectivity index (χ0v) is 13.8. The van der Waals surface area contributed by atoms with Crippen molar-refractivity contribution in [2.45, 2.75) is 37.2 Å². The number of hydrogen-bond acceptors (Lipinski definition) is 3. The Morgan fingerprint density at radius 1 is 1.17 bits per heavy atom. The molecule has 0 radical (unpaired) electrons. The molecule has 2 unspecified atom stereocenters. The van der Waals surface area contributed by atoms with Crippen LogP contribution in [0.25, 0.3) is 5.57 Å². The first-order valence-corrected chi connectivity index (χ1v) is 8.78. The van der Waals surface area contributed by atoms with Crippen molar-refractivity contribution in [2.75, 3.05) is 13.1 Å².